The molecule has 24 heavy (non-hydrogen) atoms. The number of halogens is 1. The molecule has 1 saturated heterocycles. The number of piperazine rings is 1. The monoisotopic (exact) mass is 331 g/mol. The quantitative estimate of drug-likeness (QED) is 0.936. The van der Waals surface area contributed by atoms with Crippen LogP contribution in [0.25, 0.3) is 0 Å². The average Bonchev–Trinajstić information content (AvgIpc) is 3.15. The van der Waals surface area contributed by atoms with Gasteiger partial charge in [-0.05, 0) is 18.2 Å². The fourth-order valence-electron chi connectivity index (χ4n) is 2.59. The van der Waals surface area contributed by atoms with Crippen LogP contribution in [0.1, 0.15) is 16.1 Å². The summed E-state index contributed by atoms with van der Waals surface area (Å²) in [5, 5.41) is 2.71. The van der Waals surface area contributed by atoms with E-state index in [0.717, 1.165) is 0 Å². The Bertz CT molecular complexity index is 710. The third kappa shape index (κ3) is 3.56. The minimum absolute atomic E-state index is 0.136. The normalized spacial score (nSPS) is 14.5. The molecular weight excluding hydrogens is 313 g/mol. The molecule has 6 nitrogen and oxygen atoms in total. The highest BCUT2D eigenvalue weighted by Crippen LogP contribution is 2.10. The molecule has 3 rings (SSSR count). The Morgan fingerprint density at radius 1 is 1.04 bits per heavy atom. The summed E-state index contributed by atoms with van der Waals surface area (Å²) in [7, 11) is 0. The van der Waals surface area contributed by atoms with Gasteiger partial charge in [0, 0.05) is 38.3 Å². The van der Waals surface area contributed by atoms with Crippen LogP contribution >= 0.6 is 0 Å². The SMILES string of the molecule is O=C(NCc1ccccc1F)N1CCN(C(=O)c2ccco2)CC1. The molecule has 7 heteroatoms. The molecule has 1 aliphatic heterocycles. The van der Waals surface area contributed by atoms with Crippen molar-refractivity contribution in [3.8, 4) is 0 Å². The number of carbonyl (C=O) groups is 2. The smallest absolute Gasteiger partial charge is 0.317 e. The summed E-state index contributed by atoms with van der Waals surface area (Å²) < 4.78 is 18.6. The van der Waals surface area contributed by atoms with E-state index in [1.165, 1.54) is 12.3 Å². The van der Waals surface area contributed by atoms with Crippen molar-refractivity contribution in [3.63, 3.8) is 0 Å². The molecule has 3 amide bonds. The number of hydrogen-bond donors (Lipinski definition) is 1. The number of furan rings is 1. The van der Waals surface area contributed by atoms with Crippen molar-refractivity contribution in [2.45, 2.75) is 6.54 Å². The molecule has 0 radical (unpaired) electrons. The number of amides is 3. The van der Waals surface area contributed by atoms with Crippen LogP contribution in [0.4, 0.5) is 9.18 Å². The maximum atomic E-state index is 13.5. The van der Waals surface area contributed by atoms with Gasteiger partial charge in [0.1, 0.15) is 5.82 Å². The molecule has 126 valence electrons. The van der Waals surface area contributed by atoms with Gasteiger partial charge in [-0.25, -0.2) is 9.18 Å². The molecule has 0 saturated carbocycles. The molecule has 2 aromatic rings. The van der Waals surface area contributed by atoms with Gasteiger partial charge in [0.05, 0.1) is 6.26 Å². The van der Waals surface area contributed by atoms with Gasteiger partial charge in [-0.3, -0.25) is 4.79 Å². The van der Waals surface area contributed by atoms with E-state index in [4.69, 9.17) is 4.42 Å². The van der Waals surface area contributed by atoms with Gasteiger partial charge in [0.15, 0.2) is 5.76 Å². The van der Waals surface area contributed by atoms with E-state index in [1.807, 2.05) is 0 Å². The summed E-state index contributed by atoms with van der Waals surface area (Å²) in [5.74, 6) is -0.217. The predicted octanol–water partition coefficient (Wildman–Crippen LogP) is 2.09. The molecule has 0 spiro atoms. The van der Waals surface area contributed by atoms with Crippen molar-refractivity contribution in [1.29, 1.82) is 0 Å². The van der Waals surface area contributed by atoms with Crippen LogP contribution in [0.15, 0.2) is 47.1 Å². The zero-order chi connectivity index (χ0) is 16.9. The second kappa shape index (κ2) is 7.16. The minimum Gasteiger partial charge on any atom is -0.459 e. The van der Waals surface area contributed by atoms with Crippen LogP contribution in [-0.4, -0.2) is 47.9 Å². The number of rotatable bonds is 3. The maximum absolute atomic E-state index is 13.5. The van der Waals surface area contributed by atoms with Crippen molar-refractivity contribution in [3.05, 3.63) is 59.8 Å². The van der Waals surface area contributed by atoms with E-state index < -0.39 is 0 Å². The van der Waals surface area contributed by atoms with E-state index in [9.17, 15) is 14.0 Å². The Morgan fingerprint density at radius 2 is 1.75 bits per heavy atom. The number of urea groups is 1. The van der Waals surface area contributed by atoms with E-state index >= 15 is 0 Å². The summed E-state index contributed by atoms with van der Waals surface area (Å²) >= 11 is 0. The Balaban J connectivity index is 1.48. The first-order chi connectivity index (χ1) is 11.6. The summed E-state index contributed by atoms with van der Waals surface area (Å²) in [6.07, 6.45) is 1.46. The zero-order valence-electron chi connectivity index (χ0n) is 13.1. The van der Waals surface area contributed by atoms with E-state index in [0.29, 0.717) is 37.5 Å². The number of nitrogens with one attached hydrogen (secondary N) is 1. The third-order valence-corrected chi connectivity index (χ3v) is 3.97. The average molecular weight is 331 g/mol. The Morgan fingerprint density at radius 3 is 2.42 bits per heavy atom. The van der Waals surface area contributed by atoms with Crippen molar-refractivity contribution < 1.29 is 18.4 Å². The summed E-state index contributed by atoms with van der Waals surface area (Å²) in [4.78, 5) is 27.6. The standard InChI is InChI=1S/C17H18FN3O3/c18-14-5-2-1-4-13(14)12-19-17(23)21-9-7-20(8-10-21)16(22)15-6-3-11-24-15/h1-6,11H,7-10,12H2,(H,19,23). The molecule has 1 aliphatic rings. The molecule has 0 unspecified atom stereocenters. The van der Waals surface area contributed by atoms with Crippen LogP contribution in [0.3, 0.4) is 0 Å². The second-order valence-electron chi connectivity index (χ2n) is 5.51. The van der Waals surface area contributed by atoms with E-state index in [-0.39, 0.29) is 24.3 Å². The first-order valence-electron chi connectivity index (χ1n) is 7.74. The van der Waals surface area contributed by atoms with E-state index in [1.54, 1.807) is 40.1 Å². The van der Waals surface area contributed by atoms with E-state index in [2.05, 4.69) is 5.32 Å². The van der Waals surface area contributed by atoms with Crippen molar-refractivity contribution >= 4 is 11.9 Å². The first kappa shape index (κ1) is 16.0. The molecule has 1 N–H and O–H groups in total. The van der Waals surface area contributed by atoms with Gasteiger partial charge in [-0.1, -0.05) is 18.2 Å². The number of carbonyl (C=O) groups excluding carboxylic acids is 2. The highest BCUT2D eigenvalue weighted by Gasteiger charge is 2.25. The molecule has 2 heterocycles. The molecule has 0 aliphatic carbocycles. The van der Waals surface area contributed by atoms with Gasteiger partial charge >= 0.3 is 6.03 Å². The van der Waals surface area contributed by atoms with Crippen molar-refractivity contribution in [1.82, 2.24) is 15.1 Å². The van der Waals surface area contributed by atoms with Crippen LogP contribution in [0.2, 0.25) is 0 Å². The zero-order valence-corrected chi connectivity index (χ0v) is 13.1. The molecular formula is C17H18FN3O3. The predicted molar refractivity (Wildman–Crippen MR) is 84.8 cm³/mol. The van der Waals surface area contributed by atoms with Gasteiger partial charge in [0.25, 0.3) is 5.91 Å². The van der Waals surface area contributed by atoms with Crippen LogP contribution < -0.4 is 5.32 Å². The molecule has 0 bridgehead atoms. The molecule has 1 aromatic carbocycles. The summed E-state index contributed by atoms with van der Waals surface area (Å²) in [5.41, 5.74) is 0.442. The number of nitrogens with zero attached hydrogens (tertiary/aromatic N) is 2. The fourth-order valence-corrected chi connectivity index (χ4v) is 2.59. The Kier molecular flexibility index (Phi) is 4.79. The molecule has 1 fully saturated rings. The minimum atomic E-state index is -0.341. The van der Waals surface area contributed by atoms with Gasteiger partial charge in [-0.2, -0.15) is 0 Å². The summed E-state index contributed by atoms with van der Waals surface area (Å²) in [6.45, 7) is 1.86. The summed E-state index contributed by atoms with van der Waals surface area (Å²) in [6, 6.07) is 9.36. The van der Waals surface area contributed by atoms with Gasteiger partial charge in [-0.15, -0.1) is 0 Å². The number of benzene rings is 1. The lowest BCUT2D eigenvalue weighted by molar-refractivity contribution is 0.0634. The lowest BCUT2D eigenvalue weighted by Gasteiger charge is -2.34. The molecule has 0 atom stereocenters. The van der Waals surface area contributed by atoms with Crippen LogP contribution in [-0.2, 0) is 6.54 Å². The maximum Gasteiger partial charge on any atom is 0.317 e. The number of hydrogen-bond acceptors (Lipinski definition) is 3. The van der Waals surface area contributed by atoms with Crippen molar-refractivity contribution in [2.75, 3.05) is 26.2 Å². The highest BCUT2D eigenvalue weighted by molar-refractivity contribution is 5.91. The van der Waals surface area contributed by atoms with Gasteiger partial charge in [0.2, 0.25) is 0 Å². The van der Waals surface area contributed by atoms with Crippen molar-refractivity contribution in [2.24, 2.45) is 0 Å². The Labute approximate surface area is 138 Å². The second-order valence-corrected chi connectivity index (χ2v) is 5.51. The third-order valence-electron chi connectivity index (χ3n) is 3.97. The van der Waals surface area contributed by atoms with Gasteiger partial charge < -0.3 is 19.5 Å². The highest BCUT2D eigenvalue weighted by atomic mass is 19.1. The molecule has 1 aromatic heterocycles. The largest absolute Gasteiger partial charge is 0.459 e. The lowest BCUT2D eigenvalue weighted by atomic mass is 10.2. The topological polar surface area (TPSA) is 65.8 Å². The Hall–Kier alpha value is -2.83. The van der Waals surface area contributed by atoms with Crippen LogP contribution in [0.5, 0.6) is 0 Å². The van der Waals surface area contributed by atoms with Crippen LogP contribution in [0, 0.1) is 5.82 Å². The fraction of sp³-hybridized carbons (Fsp3) is 0.294. The first-order valence-corrected chi connectivity index (χ1v) is 7.74. The lowest BCUT2D eigenvalue weighted by Crippen LogP contribution is -2.53.